The summed E-state index contributed by atoms with van der Waals surface area (Å²) < 4.78 is 0. The highest BCUT2D eigenvalue weighted by atomic mass is 16.3. The normalized spacial score (nSPS) is 41.0. The summed E-state index contributed by atoms with van der Waals surface area (Å²) in [7, 11) is 0. The quantitative estimate of drug-likeness (QED) is 0.616. The Hall–Kier alpha value is -0.0400. The van der Waals surface area contributed by atoms with Crippen LogP contribution < -0.4 is 0 Å². The van der Waals surface area contributed by atoms with Crippen LogP contribution in [0.1, 0.15) is 39.5 Å². The molecule has 1 aliphatic carbocycles. The van der Waals surface area contributed by atoms with E-state index in [1.54, 1.807) is 0 Å². The van der Waals surface area contributed by atoms with Gasteiger partial charge in [-0.05, 0) is 25.7 Å². The molecule has 0 aliphatic heterocycles. The third kappa shape index (κ3) is 1.68. The second kappa shape index (κ2) is 2.30. The Balaban J connectivity index is 2.06. The van der Waals surface area contributed by atoms with Crippen LogP contribution in [0.2, 0.25) is 0 Å². The van der Waals surface area contributed by atoms with Crippen LogP contribution in [0.3, 0.4) is 0 Å². The molecule has 1 saturated carbocycles. The molecular weight excluding hydrogens is 112 g/mol. The summed E-state index contributed by atoms with van der Waals surface area (Å²) in [6.45, 7) is 4.13. The minimum Gasteiger partial charge on any atom is -0.390 e. The molecule has 0 bridgehead atoms. The van der Waals surface area contributed by atoms with Gasteiger partial charge in [-0.25, -0.2) is 0 Å². The third-order valence-corrected chi connectivity index (χ3v) is 2.29. The smallest absolute Gasteiger partial charge is 0.0652 e. The molecule has 54 valence electrons. The first-order chi connectivity index (χ1) is 4.17. The van der Waals surface area contributed by atoms with Gasteiger partial charge in [0.1, 0.15) is 0 Å². The van der Waals surface area contributed by atoms with Gasteiger partial charge in [0.25, 0.3) is 0 Å². The lowest BCUT2D eigenvalue weighted by molar-refractivity contribution is 0.149. The molecule has 1 aliphatic rings. The second-order valence-electron chi connectivity index (χ2n) is 3.40. The fourth-order valence-corrected chi connectivity index (χ4v) is 1.30. The van der Waals surface area contributed by atoms with Crippen LogP contribution in [-0.4, -0.2) is 10.7 Å². The molecule has 0 unspecified atom stereocenters. The van der Waals surface area contributed by atoms with E-state index < -0.39 is 0 Å². The summed E-state index contributed by atoms with van der Waals surface area (Å²) in [5.74, 6) is 0.623. The summed E-state index contributed by atoms with van der Waals surface area (Å²) >= 11 is 0. The van der Waals surface area contributed by atoms with Gasteiger partial charge < -0.3 is 5.11 Å². The summed E-state index contributed by atoms with van der Waals surface area (Å²) in [4.78, 5) is 0. The fraction of sp³-hybridized carbons (Fsp3) is 1.00. The Morgan fingerprint density at radius 1 is 1.67 bits per heavy atom. The predicted octanol–water partition coefficient (Wildman–Crippen LogP) is 1.95. The Morgan fingerprint density at radius 2 is 2.22 bits per heavy atom. The first kappa shape index (κ1) is 7.07. The van der Waals surface area contributed by atoms with Gasteiger partial charge in [0.15, 0.2) is 0 Å². The molecule has 0 radical (unpaired) electrons. The summed E-state index contributed by atoms with van der Waals surface area (Å²) in [6, 6.07) is 0. The van der Waals surface area contributed by atoms with E-state index in [9.17, 15) is 5.11 Å². The van der Waals surface area contributed by atoms with Crippen molar-refractivity contribution in [1.82, 2.24) is 0 Å². The topological polar surface area (TPSA) is 20.2 Å². The second-order valence-corrected chi connectivity index (χ2v) is 3.40. The van der Waals surface area contributed by atoms with Crippen molar-refractivity contribution in [3.05, 3.63) is 0 Å². The van der Waals surface area contributed by atoms with E-state index in [4.69, 9.17) is 0 Å². The standard InChI is InChI=1S/C8H16O/c1-3-4-5-7-6-8(7,2)9/h7,9H,3-6H2,1-2H3/t7-,8+/m0/s1. The highest BCUT2D eigenvalue weighted by Crippen LogP contribution is 2.45. The van der Waals surface area contributed by atoms with Gasteiger partial charge in [-0.3, -0.25) is 0 Å². The molecular formula is C8H16O. The number of unbranched alkanes of at least 4 members (excludes halogenated alkanes) is 1. The lowest BCUT2D eigenvalue weighted by Crippen LogP contribution is -2.02. The van der Waals surface area contributed by atoms with E-state index in [-0.39, 0.29) is 5.60 Å². The van der Waals surface area contributed by atoms with Crippen molar-refractivity contribution >= 4 is 0 Å². The molecule has 0 heterocycles. The largest absolute Gasteiger partial charge is 0.390 e. The molecule has 0 spiro atoms. The molecule has 1 N–H and O–H groups in total. The fourth-order valence-electron chi connectivity index (χ4n) is 1.30. The zero-order valence-corrected chi connectivity index (χ0v) is 6.35. The zero-order chi connectivity index (χ0) is 6.91. The summed E-state index contributed by atoms with van der Waals surface area (Å²) in [5, 5.41) is 9.32. The van der Waals surface area contributed by atoms with E-state index in [2.05, 4.69) is 6.92 Å². The van der Waals surface area contributed by atoms with Gasteiger partial charge in [0.05, 0.1) is 5.60 Å². The Morgan fingerprint density at radius 3 is 2.56 bits per heavy atom. The van der Waals surface area contributed by atoms with Gasteiger partial charge in [0, 0.05) is 0 Å². The number of rotatable bonds is 3. The maximum Gasteiger partial charge on any atom is 0.0652 e. The lowest BCUT2D eigenvalue weighted by atomic mass is 10.1. The van der Waals surface area contributed by atoms with E-state index in [0.717, 1.165) is 6.42 Å². The van der Waals surface area contributed by atoms with Crippen LogP contribution in [0.5, 0.6) is 0 Å². The van der Waals surface area contributed by atoms with Gasteiger partial charge in [0.2, 0.25) is 0 Å². The molecule has 1 fully saturated rings. The monoisotopic (exact) mass is 128 g/mol. The van der Waals surface area contributed by atoms with Crippen molar-refractivity contribution in [2.75, 3.05) is 0 Å². The molecule has 0 aromatic rings. The van der Waals surface area contributed by atoms with Crippen LogP contribution in [0.15, 0.2) is 0 Å². The maximum atomic E-state index is 9.32. The minimum absolute atomic E-state index is 0.283. The Kier molecular flexibility index (Phi) is 1.80. The van der Waals surface area contributed by atoms with E-state index in [1.165, 1.54) is 19.3 Å². The lowest BCUT2D eigenvalue weighted by Gasteiger charge is -1.99. The molecule has 2 atom stereocenters. The molecule has 0 amide bonds. The Labute approximate surface area is 57.1 Å². The van der Waals surface area contributed by atoms with E-state index in [1.807, 2.05) is 6.92 Å². The van der Waals surface area contributed by atoms with Crippen molar-refractivity contribution in [3.63, 3.8) is 0 Å². The maximum absolute atomic E-state index is 9.32. The van der Waals surface area contributed by atoms with Crippen molar-refractivity contribution in [2.24, 2.45) is 5.92 Å². The number of hydrogen-bond donors (Lipinski definition) is 1. The van der Waals surface area contributed by atoms with Crippen molar-refractivity contribution < 1.29 is 5.11 Å². The Bertz CT molecular complexity index is 96.7. The van der Waals surface area contributed by atoms with Crippen LogP contribution in [0.25, 0.3) is 0 Å². The van der Waals surface area contributed by atoms with Gasteiger partial charge >= 0.3 is 0 Å². The summed E-state index contributed by atoms with van der Waals surface area (Å²) in [5.41, 5.74) is -0.283. The van der Waals surface area contributed by atoms with E-state index >= 15 is 0 Å². The third-order valence-electron chi connectivity index (χ3n) is 2.29. The number of aliphatic hydroxyl groups is 1. The summed E-state index contributed by atoms with van der Waals surface area (Å²) in [6.07, 6.45) is 4.80. The van der Waals surface area contributed by atoms with Gasteiger partial charge in [-0.2, -0.15) is 0 Å². The molecule has 1 rings (SSSR count). The predicted molar refractivity (Wildman–Crippen MR) is 38.3 cm³/mol. The van der Waals surface area contributed by atoms with Crippen LogP contribution in [-0.2, 0) is 0 Å². The van der Waals surface area contributed by atoms with Gasteiger partial charge in [-0.15, -0.1) is 0 Å². The molecule has 0 aromatic carbocycles. The van der Waals surface area contributed by atoms with Gasteiger partial charge in [-0.1, -0.05) is 19.8 Å². The minimum atomic E-state index is -0.283. The van der Waals surface area contributed by atoms with Crippen molar-refractivity contribution in [2.45, 2.75) is 45.1 Å². The SMILES string of the molecule is CCCC[C@H]1C[C@@]1(C)O. The number of hydrogen-bond acceptors (Lipinski definition) is 1. The molecule has 0 aromatic heterocycles. The van der Waals surface area contributed by atoms with Crippen molar-refractivity contribution in [3.8, 4) is 0 Å². The molecule has 1 nitrogen and oxygen atoms in total. The van der Waals surface area contributed by atoms with E-state index in [0.29, 0.717) is 5.92 Å². The van der Waals surface area contributed by atoms with Crippen LogP contribution in [0.4, 0.5) is 0 Å². The molecule has 0 saturated heterocycles. The average molecular weight is 128 g/mol. The molecule has 9 heavy (non-hydrogen) atoms. The highest BCUT2D eigenvalue weighted by molar-refractivity contribution is 4.98. The van der Waals surface area contributed by atoms with Crippen LogP contribution >= 0.6 is 0 Å². The zero-order valence-electron chi connectivity index (χ0n) is 6.35. The molecule has 1 heteroatoms. The van der Waals surface area contributed by atoms with Crippen LogP contribution in [0, 0.1) is 5.92 Å². The highest BCUT2D eigenvalue weighted by Gasteiger charge is 2.47. The first-order valence-electron chi connectivity index (χ1n) is 3.89. The first-order valence-corrected chi connectivity index (χ1v) is 3.89. The average Bonchev–Trinajstić information content (AvgIpc) is 2.35. The van der Waals surface area contributed by atoms with Crippen molar-refractivity contribution in [1.29, 1.82) is 0 Å².